The van der Waals surface area contributed by atoms with E-state index in [9.17, 15) is 9.90 Å². The van der Waals surface area contributed by atoms with E-state index in [1.165, 1.54) is 0 Å². The molecule has 0 saturated heterocycles. The second kappa shape index (κ2) is 6.59. The highest BCUT2D eigenvalue weighted by Crippen LogP contribution is 2.28. The number of aliphatic hydroxyl groups excluding tert-OH is 1. The predicted molar refractivity (Wildman–Crippen MR) is 83.4 cm³/mol. The number of carbonyl (C=O) groups excluding carboxylic acids is 1. The Kier molecular flexibility index (Phi) is 4.81. The van der Waals surface area contributed by atoms with Gasteiger partial charge in [-0.15, -0.1) is 0 Å². The summed E-state index contributed by atoms with van der Waals surface area (Å²) in [6.45, 7) is 3.99. The van der Waals surface area contributed by atoms with Crippen LogP contribution in [0.3, 0.4) is 0 Å². The lowest BCUT2D eigenvalue weighted by Gasteiger charge is -2.22. The molecule has 0 spiro atoms. The Morgan fingerprint density at radius 2 is 1.90 bits per heavy atom. The minimum Gasteiger partial charge on any atom is -0.506 e. The molecule has 2 rings (SSSR count). The van der Waals surface area contributed by atoms with Gasteiger partial charge in [-0.05, 0) is 23.8 Å². The van der Waals surface area contributed by atoms with Crippen molar-refractivity contribution >= 4 is 16.7 Å². The van der Waals surface area contributed by atoms with Gasteiger partial charge in [0.05, 0.1) is 5.56 Å². The maximum absolute atomic E-state index is 12.3. The molecule has 1 unspecified atom stereocenters. The number of rotatable bonds is 5. The Morgan fingerprint density at radius 1 is 1.19 bits per heavy atom. The van der Waals surface area contributed by atoms with E-state index in [4.69, 9.17) is 5.11 Å². The number of benzene rings is 2. The summed E-state index contributed by atoms with van der Waals surface area (Å²) in [4.78, 5) is 12.3. The molecule has 1 atom stereocenters. The number of phenols is 1. The average Bonchev–Trinajstić information content (AvgIpc) is 2.47. The van der Waals surface area contributed by atoms with Gasteiger partial charge < -0.3 is 15.5 Å². The first kappa shape index (κ1) is 15.3. The normalized spacial score (nSPS) is 12.6. The molecular weight excluding hydrogens is 266 g/mol. The van der Waals surface area contributed by atoms with Crippen molar-refractivity contribution in [2.24, 2.45) is 5.92 Å². The average molecular weight is 287 g/mol. The number of nitrogens with one attached hydrogen (secondary N) is 1. The molecule has 1 amide bonds. The van der Waals surface area contributed by atoms with E-state index in [1.807, 2.05) is 38.1 Å². The molecule has 4 heteroatoms. The third-order valence-electron chi connectivity index (χ3n) is 3.71. The van der Waals surface area contributed by atoms with Crippen LogP contribution in [0.5, 0.6) is 5.75 Å². The number of phenolic OH excluding ortho intramolecular Hbond substituents is 1. The Hall–Kier alpha value is -2.07. The highest BCUT2D eigenvalue weighted by Gasteiger charge is 2.19. The van der Waals surface area contributed by atoms with Crippen LogP contribution in [-0.4, -0.2) is 28.8 Å². The van der Waals surface area contributed by atoms with Crippen LogP contribution in [0.25, 0.3) is 10.8 Å². The molecule has 0 aromatic heterocycles. The first-order chi connectivity index (χ1) is 10.0. The van der Waals surface area contributed by atoms with E-state index < -0.39 is 0 Å². The van der Waals surface area contributed by atoms with Crippen molar-refractivity contribution in [1.82, 2.24) is 5.32 Å². The van der Waals surface area contributed by atoms with E-state index in [2.05, 4.69) is 5.32 Å². The van der Waals surface area contributed by atoms with Crippen LogP contribution in [0, 0.1) is 5.92 Å². The van der Waals surface area contributed by atoms with Crippen LogP contribution in [0.1, 0.15) is 30.6 Å². The maximum atomic E-state index is 12.3. The zero-order valence-corrected chi connectivity index (χ0v) is 12.3. The predicted octanol–water partition coefficient (Wildman–Crippen LogP) is 2.68. The fraction of sp³-hybridized carbons (Fsp3) is 0.353. The third kappa shape index (κ3) is 3.34. The molecule has 0 bridgehead atoms. The zero-order valence-electron chi connectivity index (χ0n) is 12.3. The van der Waals surface area contributed by atoms with Gasteiger partial charge in [-0.25, -0.2) is 0 Å². The highest BCUT2D eigenvalue weighted by molar-refractivity contribution is 6.03. The first-order valence-electron chi connectivity index (χ1n) is 7.17. The molecule has 3 N–H and O–H groups in total. The molecule has 0 heterocycles. The molecule has 0 aliphatic carbocycles. The van der Waals surface area contributed by atoms with Crippen molar-refractivity contribution < 1.29 is 15.0 Å². The Morgan fingerprint density at radius 3 is 2.57 bits per heavy atom. The van der Waals surface area contributed by atoms with Gasteiger partial charge in [-0.1, -0.05) is 44.2 Å². The van der Waals surface area contributed by atoms with Crippen molar-refractivity contribution in [1.29, 1.82) is 0 Å². The van der Waals surface area contributed by atoms with E-state index in [1.54, 1.807) is 12.1 Å². The molecule has 0 aliphatic heterocycles. The highest BCUT2D eigenvalue weighted by atomic mass is 16.3. The van der Waals surface area contributed by atoms with Crippen LogP contribution < -0.4 is 5.32 Å². The zero-order chi connectivity index (χ0) is 15.4. The number of hydrogen-bond acceptors (Lipinski definition) is 3. The Labute approximate surface area is 124 Å². The van der Waals surface area contributed by atoms with Gasteiger partial charge in [-0.2, -0.15) is 0 Å². The van der Waals surface area contributed by atoms with Gasteiger partial charge in [-0.3, -0.25) is 4.79 Å². The standard InChI is InChI=1S/C17H21NO3/c1-11(2)15(9-10-19)18-17(21)14-8-7-12-5-3-4-6-13(12)16(14)20/h3-8,11,15,19-20H,9-10H2,1-2H3,(H,18,21). The van der Waals surface area contributed by atoms with Crippen LogP contribution in [0.2, 0.25) is 0 Å². The number of hydrogen-bond donors (Lipinski definition) is 3. The molecule has 0 aliphatic rings. The molecule has 2 aromatic rings. The topological polar surface area (TPSA) is 69.6 Å². The van der Waals surface area contributed by atoms with E-state index in [-0.39, 0.29) is 35.8 Å². The number of aliphatic hydroxyl groups is 1. The van der Waals surface area contributed by atoms with Gasteiger partial charge >= 0.3 is 0 Å². The number of carbonyl (C=O) groups is 1. The smallest absolute Gasteiger partial charge is 0.255 e. The summed E-state index contributed by atoms with van der Waals surface area (Å²) in [6, 6.07) is 10.7. The van der Waals surface area contributed by atoms with Crippen LogP contribution in [-0.2, 0) is 0 Å². The summed E-state index contributed by atoms with van der Waals surface area (Å²) in [5.41, 5.74) is 0.261. The quantitative estimate of drug-likeness (QED) is 0.792. The summed E-state index contributed by atoms with van der Waals surface area (Å²) in [7, 11) is 0. The molecular formula is C17H21NO3. The summed E-state index contributed by atoms with van der Waals surface area (Å²) in [6.07, 6.45) is 0.498. The second-order valence-corrected chi connectivity index (χ2v) is 5.52. The maximum Gasteiger partial charge on any atom is 0.255 e. The molecule has 112 valence electrons. The molecule has 0 fully saturated rings. The largest absolute Gasteiger partial charge is 0.506 e. The van der Waals surface area contributed by atoms with E-state index in [0.29, 0.717) is 11.8 Å². The van der Waals surface area contributed by atoms with Crippen molar-refractivity contribution in [3.05, 3.63) is 42.0 Å². The van der Waals surface area contributed by atoms with Crippen LogP contribution in [0.4, 0.5) is 0 Å². The third-order valence-corrected chi connectivity index (χ3v) is 3.71. The monoisotopic (exact) mass is 287 g/mol. The molecule has 2 aromatic carbocycles. The molecule has 0 radical (unpaired) electrons. The van der Waals surface area contributed by atoms with Gasteiger partial charge in [0.1, 0.15) is 5.75 Å². The van der Waals surface area contributed by atoms with Crippen molar-refractivity contribution in [2.75, 3.05) is 6.61 Å². The lowest BCUT2D eigenvalue weighted by molar-refractivity contribution is 0.0914. The fourth-order valence-electron chi connectivity index (χ4n) is 2.40. The molecule has 21 heavy (non-hydrogen) atoms. The lowest BCUT2D eigenvalue weighted by atomic mass is 10.00. The minimum atomic E-state index is -0.314. The minimum absolute atomic E-state index is 0.00268. The lowest BCUT2D eigenvalue weighted by Crippen LogP contribution is -2.39. The Balaban J connectivity index is 2.29. The fourth-order valence-corrected chi connectivity index (χ4v) is 2.40. The molecule has 0 saturated carbocycles. The summed E-state index contributed by atoms with van der Waals surface area (Å²) >= 11 is 0. The second-order valence-electron chi connectivity index (χ2n) is 5.52. The number of fused-ring (bicyclic) bond motifs is 1. The van der Waals surface area contributed by atoms with Gasteiger partial charge in [0.2, 0.25) is 0 Å². The van der Waals surface area contributed by atoms with Gasteiger partial charge in [0, 0.05) is 18.0 Å². The number of aromatic hydroxyl groups is 1. The number of amides is 1. The Bertz CT molecular complexity index is 637. The van der Waals surface area contributed by atoms with E-state index >= 15 is 0 Å². The SMILES string of the molecule is CC(C)C(CCO)NC(=O)c1ccc2ccccc2c1O. The van der Waals surface area contributed by atoms with Crippen molar-refractivity contribution in [2.45, 2.75) is 26.3 Å². The van der Waals surface area contributed by atoms with Crippen molar-refractivity contribution in [3.63, 3.8) is 0 Å². The summed E-state index contributed by atoms with van der Waals surface area (Å²) in [5.74, 6) is -0.105. The first-order valence-corrected chi connectivity index (χ1v) is 7.17. The van der Waals surface area contributed by atoms with E-state index in [0.717, 1.165) is 5.39 Å². The van der Waals surface area contributed by atoms with Gasteiger partial charge in [0.25, 0.3) is 5.91 Å². The van der Waals surface area contributed by atoms with Crippen LogP contribution >= 0.6 is 0 Å². The molecule has 4 nitrogen and oxygen atoms in total. The van der Waals surface area contributed by atoms with Gasteiger partial charge in [0.15, 0.2) is 0 Å². The summed E-state index contributed by atoms with van der Waals surface area (Å²) in [5, 5.41) is 23.8. The van der Waals surface area contributed by atoms with Crippen LogP contribution in [0.15, 0.2) is 36.4 Å². The van der Waals surface area contributed by atoms with Crippen molar-refractivity contribution in [3.8, 4) is 5.75 Å². The summed E-state index contributed by atoms with van der Waals surface area (Å²) < 4.78 is 0.